The predicted octanol–water partition coefficient (Wildman–Crippen LogP) is 2.83. The van der Waals surface area contributed by atoms with E-state index in [4.69, 9.17) is 9.84 Å². The molecule has 0 radical (unpaired) electrons. The van der Waals surface area contributed by atoms with Crippen LogP contribution in [0.15, 0.2) is 53.4 Å². The molecule has 2 aromatic rings. The largest absolute Gasteiger partial charge is 0.508 e. The van der Waals surface area contributed by atoms with Crippen LogP contribution in [0.4, 0.5) is 0 Å². The molecule has 0 atom stereocenters. The molecule has 0 saturated carbocycles. The van der Waals surface area contributed by atoms with E-state index in [-0.39, 0.29) is 11.7 Å². The van der Waals surface area contributed by atoms with E-state index in [1.807, 2.05) is 18.2 Å². The number of benzene rings is 2. The Hall–Kier alpha value is -1.94. The van der Waals surface area contributed by atoms with Crippen molar-refractivity contribution in [2.24, 2.45) is 0 Å². The Bertz CT molecular complexity index is 501. The Morgan fingerprint density at radius 2 is 1.72 bits per heavy atom. The summed E-state index contributed by atoms with van der Waals surface area (Å²) in [4.78, 5) is 11.5. The van der Waals surface area contributed by atoms with Crippen molar-refractivity contribution in [3.8, 4) is 11.5 Å². The van der Waals surface area contributed by atoms with Gasteiger partial charge >= 0.3 is 5.97 Å². The fourth-order valence-corrected chi connectivity index (χ4v) is 1.67. The summed E-state index contributed by atoms with van der Waals surface area (Å²) in [6.45, 7) is 0. The second kappa shape index (κ2) is 5.60. The van der Waals surface area contributed by atoms with Gasteiger partial charge in [-0.15, -0.1) is 12.6 Å². The molecular formula is C14H12O3S. The van der Waals surface area contributed by atoms with Crippen LogP contribution in [-0.2, 0) is 11.2 Å². The SMILES string of the molecule is O=C1Cc2ccccc2O1.Oc1ccc(S)cc1. The number of thiol groups is 1. The number of ether oxygens (including phenoxy) is 1. The molecule has 0 fully saturated rings. The lowest BCUT2D eigenvalue weighted by Crippen LogP contribution is -1.99. The molecule has 3 rings (SSSR count). The van der Waals surface area contributed by atoms with Gasteiger partial charge in [0.2, 0.25) is 0 Å². The second-order valence-electron chi connectivity index (χ2n) is 3.77. The number of para-hydroxylation sites is 1. The first-order valence-corrected chi connectivity index (χ1v) is 5.86. The van der Waals surface area contributed by atoms with Crippen molar-refractivity contribution >= 4 is 18.6 Å². The molecule has 0 bridgehead atoms. The first-order chi connectivity index (χ1) is 8.65. The number of phenolic OH excluding ortho intramolecular Hbond substituents is 1. The third-order valence-electron chi connectivity index (χ3n) is 2.38. The number of rotatable bonds is 0. The van der Waals surface area contributed by atoms with Gasteiger partial charge in [0.15, 0.2) is 0 Å². The molecule has 0 saturated heterocycles. The molecule has 0 aliphatic carbocycles. The summed E-state index contributed by atoms with van der Waals surface area (Å²) in [5, 5.41) is 8.72. The van der Waals surface area contributed by atoms with Crippen molar-refractivity contribution in [1.82, 2.24) is 0 Å². The van der Waals surface area contributed by atoms with Gasteiger partial charge in [0, 0.05) is 10.5 Å². The van der Waals surface area contributed by atoms with Crippen LogP contribution in [0.25, 0.3) is 0 Å². The maximum atomic E-state index is 10.7. The molecule has 3 nitrogen and oxygen atoms in total. The van der Waals surface area contributed by atoms with E-state index in [2.05, 4.69) is 12.6 Å². The van der Waals surface area contributed by atoms with Crippen molar-refractivity contribution in [2.75, 3.05) is 0 Å². The normalized spacial score (nSPS) is 12.2. The second-order valence-corrected chi connectivity index (χ2v) is 4.29. The van der Waals surface area contributed by atoms with Gasteiger partial charge in [-0.1, -0.05) is 18.2 Å². The molecule has 0 spiro atoms. The molecule has 0 amide bonds. The number of hydrogen-bond donors (Lipinski definition) is 2. The van der Waals surface area contributed by atoms with Crippen molar-refractivity contribution in [3.63, 3.8) is 0 Å². The number of carbonyl (C=O) groups is 1. The summed E-state index contributed by atoms with van der Waals surface area (Å²) in [7, 11) is 0. The van der Waals surface area contributed by atoms with Crippen LogP contribution in [0.1, 0.15) is 5.56 Å². The molecule has 1 aliphatic heterocycles. The average molecular weight is 260 g/mol. The summed E-state index contributed by atoms with van der Waals surface area (Å²) >= 11 is 4.02. The van der Waals surface area contributed by atoms with Gasteiger partial charge in [-0.3, -0.25) is 4.79 Å². The summed E-state index contributed by atoms with van der Waals surface area (Å²) in [5.41, 5.74) is 0.993. The Kier molecular flexibility index (Phi) is 3.89. The molecule has 0 unspecified atom stereocenters. The minimum Gasteiger partial charge on any atom is -0.508 e. The van der Waals surface area contributed by atoms with Crippen LogP contribution in [0.2, 0.25) is 0 Å². The van der Waals surface area contributed by atoms with Gasteiger partial charge in [-0.2, -0.15) is 0 Å². The lowest BCUT2D eigenvalue weighted by atomic mass is 10.2. The highest BCUT2D eigenvalue weighted by atomic mass is 32.1. The predicted molar refractivity (Wildman–Crippen MR) is 71.1 cm³/mol. The molecule has 92 valence electrons. The zero-order chi connectivity index (χ0) is 13.0. The van der Waals surface area contributed by atoms with Gasteiger partial charge in [-0.25, -0.2) is 0 Å². The van der Waals surface area contributed by atoms with Crippen LogP contribution in [0.3, 0.4) is 0 Å². The molecule has 1 aliphatic rings. The quantitative estimate of drug-likeness (QED) is 0.435. The van der Waals surface area contributed by atoms with Crippen molar-refractivity contribution in [2.45, 2.75) is 11.3 Å². The van der Waals surface area contributed by atoms with Gasteiger partial charge in [0.05, 0.1) is 6.42 Å². The minimum atomic E-state index is -0.152. The first-order valence-electron chi connectivity index (χ1n) is 5.42. The van der Waals surface area contributed by atoms with E-state index >= 15 is 0 Å². The van der Waals surface area contributed by atoms with Crippen LogP contribution in [0.5, 0.6) is 11.5 Å². The van der Waals surface area contributed by atoms with Crippen molar-refractivity contribution in [1.29, 1.82) is 0 Å². The van der Waals surface area contributed by atoms with E-state index in [0.717, 1.165) is 10.5 Å². The fraction of sp³-hybridized carbons (Fsp3) is 0.0714. The Morgan fingerprint density at radius 1 is 1.06 bits per heavy atom. The van der Waals surface area contributed by atoms with E-state index in [1.165, 1.54) is 0 Å². The number of phenols is 1. The van der Waals surface area contributed by atoms with Crippen LogP contribution >= 0.6 is 12.6 Å². The van der Waals surface area contributed by atoms with Gasteiger partial charge in [0.1, 0.15) is 11.5 Å². The fourth-order valence-electron chi connectivity index (χ4n) is 1.52. The van der Waals surface area contributed by atoms with E-state index in [9.17, 15) is 4.79 Å². The number of carbonyl (C=O) groups excluding carboxylic acids is 1. The first kappa shape index (κ1) is 12.5. The Balaban J connectivity index is 0.000000138. The molecular weight excluding hydrogens is 248 g/mol. The Labute approximate surface area is 110 Å². The highest BCUT2D eigenvalue weighted by molar-refractivity contribution is 7.80. The van der Waals surface area contributed by atoms with E-state index in [1.54, 1.807) is 30.3 Å². The number of esters is 1. The highest BCUT2D eigenvalue weighted by Crippen LogP contribution is 2.24. The minimum absolute atomic E-state index is 0.152. The van der Waals surface area contributed by atoms with Gasteiger partial charge in [0.25, 0.3) is 0 Å². The van der Waals surface area contributed by atoms with Crippen LogP contribution < -0.4 is 4.74 Å². The molecule has 18 heavy (non-hydrogen) atoms. The maximum absolute atomic E-state index is 10.7. The summed E-state index contributed by atoms with van der Waals surface area (Å²) < 4.78 is 4.87. The lowest BCUT2D eigenvalue weighted by molar-refractivity contribution is -0.131. The number of aromatic hydroxyl groups is 1. The maximum Gasteiger partial charge on any atom is 0.315 e. The molecule has 1 heterocycles. The molecule has 4 heteroatoms. The van der Waals surface area contributed by atoms with Gasteiger partial charge in [-0.05, 0) is 30.3 Å². The summed E-state index contributed by atoms with van der Waals surface area (Å²) in [5.74, 6) is 0.844. The Morgan fingerprint density at radius 3 is 2.33 bits per heavy atom. The molecule has 2 aromatic carbocycles. The zero-order valence-electron chi connectivity index (χ0n) is 9.54. The third-order valence-corrected chi connectivity index (χ3v) is 2.68. The standard InChI is InChI=1S/C8H6O2.C6H6OS/c9-8-5-6-3-1-2-4-7(6)10-8;7-5-1-3-6(8)4-2-5/h1-4H,5H2;1-4,7-8H. The number of fused-ring (bicyclic) bond motifs is 1. The number of hydrogen-bond acceptors (Lipinski definition) is 4. The zero-order valence-corrected chi connectivity index (χ0v) is 10.4. The van der Waals surface area contributed by atoms with Crippen LogP contribution in [-0.4, -0.2) is 11.1 Å². The third kappa shape index (κ3) is 3.28. The smallest absolute Gasteiger partial charge is 0.315 e. The highest BCUT2D eigenvalue weighted by Gasteiger charge is 2.18. The monoisotopic (exact) mass is 260 g/mol. The summed E-state index contributed by atoms with van der Waals surface area (Å²) in [6, 6.07) is 14.1. The topological polar surface area (TPSA) is 46.5 Å². The van der Waals surface area contributed by atoms with E-state index < -0.39 is 0 Å². The average Bonchev–Trinajstić information content (AvgIpc) is 2.74. The molecule has 1 N–H and O–H groups in total. The van der Waals surface area contributed by atoms with Gasteiger partial charge < -0.3 is 9.84 Å². The summed E-state index contributed by atoms with van der Waals surface area (Å²) in [6.07, 6.45) is 0.427. The van der Waals surface area contributed by atoms with Crippen molar-refractivity contribution in [3.05, 3.63) is 54.1 Å². The molecule has 0 aromatic heterocycles. The van der Waals surface area contributed by atoms with Crippen LogP contribution in [0, 0.1) is 0 Å². The lowest BCUT2D eigenvalue weighted by Gasteiger charge is -1.91. The van der Waals surface area contributed by atoms with Crippen molar-refractivity contribution < 1.29 is 14.6 Å². The van der Waals surface area contributed by atoms with E-state index in [0.29, 0.717) is 12.2 Å².